The van der Waals surface area contributed by atoms with Crippen LogP contribution in [-0.2, 0) is 6.42 Å². The Labute approximate surface area is 131 Å². The Hall–Kier alpha value is -1.13. The molecule has 4 nitrogen and oxygen atoms in total. The van der Waals surface area contributed by atoms with Crippen LogP contribution in [0.4, 0.5) is 0 Å². The minimum absolute atomic E-state index is 0.0614. The maximum absolute atomic E-state index is 12.2. The molecule has 116 valence electrons. The summed E-state index contributed by atoms with van der Waals surface area (Å²) in [6.07, 6.45) is 5.71. The number of amides is 1. The van der Waals surface area contributed by atoms with E-state index in [1.54, 1.807) is 6.07 Å². The number of aryl methyl sites for hydroxylation is 1. The lowest BCUT2D eigenvalue weighted by molar-refractivity contribution is 0.0946. The first-order valence-electron chi connectivity index (χ1n) is 7.86. The van der Waals surface area contributed by atoms with Crippen LogP contribution in [-0.4, -0.2) is 42.0 Å². The number of carbonyl (C=O) groups is 1. The Morgan fingerprint density at radius 1 is 1.33 bits per heavy atom. The third kappa shape index (κ3) is 5.29. The molecule has 2 rings (SSSR count). The molecular weight excluding hydrogens is 286 g/mol. The Kier molecular flexibility index (Phi) is 6.46. The molecular formula is C16H24ClN3O. The van der Waals surface area contributed by atoms with Gasteiger partial charge in [0.25, 0.3) is 5.91 Å². The highest BCUT2D eigenvalue weighted by atomic mass is 35.5. The van der Waals surface area contributed by atoms with Gasteiger partial charge in [0.15, 0.2) is 0 Å². The summed E-state index contributed by atoms with van der Waals surface area (Å²) in [6.45, 7) is 5.99. The average molecular weight is 310 g/mol. The highest BCUT2D eigenvalue weighted by molar-refractivity contribution is 6.29. The molecule has 0 unspecified atom stereocenters. The smallest absolute Gasteiger partial charge is 0.251 e. The van der Waals surface area contributed by atoms with Gasteiger partial charge in [-0.15, -0.1) is 0 Å². The topological polar surface area (TPSA) is 45.2 Å². The van der Waals surface area contributed by atoms with E-state index in [-0.39, 0.29) is 5.91 Å². The van der Waals surface area contributed by atoms with E-state index in [1.807, 2.05) is 6.07 Å². The Bertz CT molecular complexity index is 473. The maximum atomic E-state index is 12.2. The lowest BCUT2D eigenvalue weighted by Gasteiger charge is -2.26. The van der Waals surface area contributed by atoms with E-state index < -0.39 is 0 Å². The van der Waals surface area contributed by atoms with Crippen molar-refractivity contribution in [1.82, 2.24) is 15.2 Å². The molecule has 1 fully saturated rings. The number of aromatic nitrogens is 1. The van der Waals surface area contributed by atoms with Gasteiger partial charge >= 0.3 is 0 Å². The second-order valence-corrected chi connectivity index (χ2v) is 5.97. The zero-order valence-corrected chi connectivity index (χ0v) is 13.5. The van der Waals surface area contributed by atoms with E-state index in [1.165, 1.54) is 19.3 Å². The molecule has 1 amide bonds. The molecule has 1 aliphatic heterocycles. The van der Waals surface area contributed by atoms with Crippen molar-refractivity contribution in [3.8, 4) is 0 Å². The molecule has 0 bridgehead atoms. The molecule has 0 atom stereocenters. The van der Waals surface area contributed by atoms with E-state index in [0.717, 1.165) is 38.2 Å². The first kappa shape index (κ1) is 16.2. The minimum atomic E-state index is -0.0614. The van der Waals surface area contributed by atoms with Crippen molar-refractivity contribution in [3.63, 3.8) is 0 Å². The van der Waals surface area contributed by atoms with Crippen LogP contribution in [0.15, 0.2) is 12.1 Å². The molecule has 2 heterocycles. The number of carbonyl (C=O) groups excluding carboxylic acids is 1. The summed E-state index contributed by atoms with van der Waals surface area (Å²) in [5.41, 5.74) is 1.49. The fourth-order valence-electron chi connectivity index (χ4n) is 2.68. The van der Waals surface area contributed by atoms with Gasteiger partial charge in [-0.2, -0.15) is 0 Å². The van der Waals surface area contributed by atoms with E-state index in [4.69, 9.17) is 11.6 Å². The molecule has 0 aliphatic carbocycles. The van der Waals surface area contributed by atoms with E-state index in [2.05, 4.69) is 22.1 Å². The van der Waals surface area contributed by atoms with Crippen molar-refractivity contribution in [3.05, 3.63) is 28.5 Å². The predicted octanol–water partition coefficient (Wildman–Crippen LogP) is 2.90. The second kappa shape index (κ2) is 8.35. The number of nitrogens with one attached hydrogen (secondary N) is 1. The molecule has 0 radical (unpaired) electrons. The summed E-state index contributed by atoms with van der Waals surface area (Å²) in [4.78, 5) is 18.8. The van der Waals surface area contributed by atoms with Gasteiger partial charge in [0.2, 0.25) is 0 Å². The van der Waals surface area contributed by atoms with Gasteiger partial charge in [0, 0.05) is 24.3 Å². The number of piperidine rings is 1. The molecule has 1 saturated heterocycles. The Balaban J connectivity index is 1.84. The number of nitrogens with zero attached hydrogens (tertiary/aromatic N) is 2. The highest BCUT2D eigenvalue weighted by Crippen LogP contribution is 2.12. The summed E-state index contributed by atoms with van der Waals surface area (Å²) < 4.78 is 0. The molecule has 0 saturated carbocycles. The third-order valence-corrected chi connectivity index (χ3v) is 3.97. The van der Waals surface area contributed by atoms with Crippen LogP contribution in [0.5, 0.6) is 0 Å². The normalized spacial score (nSPS) is 15.9. The molecule has 0 aromatic carbocycles. The number of rotatable bonds is 6. The molecule has 0 spiro atoms. The van der Waals surface area contributed by atoms with Crippen molar-refractivity contribution >= 4 is 17.5 Å². The number of likely N-dealkylation sites (tertiary alicyclic amines) is 1. The first-order chi connectivity index (χ1) is 10.2. The number of hydrogen-bond donors (Lipinski definition) is 1. The average Bonchev–Trinajstić information content (AvgIpc) is 2.48. The van der Waals surface area contributed by atoms with Gasteiger partial charge in [-0.05, 0) is 44.5 Å². The fourth-order valence-corrected chi connectivity index (χ4v) is 2.91. The molecule has 1 N–H and O–H groups in total. The minimum Gasteiger partial charge on any atom is -0.351 e. The predicted molar refractivity (Wildman–Crippen MR) is 85.9 cm³/mol. The van der Waals surface area contributed by atoms with Gasteiger partial charge < -0.3 is 10.2 Å². The van der Waals surface area contributed by atoms with Crippen LogP contribution >= 0.6 is 11.6 Å². The summed E-state index contributed by atoms with van der Waals surface area (Å²) in [6, 6.07) is 3.47. The Morgan fingerprint density at radius 2 is 2.10 bits per heavy atom. The number of halogens is 1. The number of hydrogen-bond acceptors (Lipinski definition) is 3. The fraction of sp³-hybridized carbons (Fsp3) is 0.625. The monoisotopic (exact) mass is 309 g/mol. The van der Waals surface area contributed by atoms with Crippen LogP contribution in [0, 0.1) is 0 Å². The maximum Gasteiger partial charge on any atom is 0.251 e. The van der Waals surface area contributed by atoms with E-state index in [9.17, 15) is 4.79 Å². The SMILES string of the molecule is CCCc1cc(C(=O)NCCN2CCCCC2)cc(Cl)n1. The van der Waals surface area contributed by atoms with Crippen LogP contribution in [0.3, 0.4) is 0 Å². The first-order valence-corrected chi connectivity index (χ1v) is 8.24. The zero-order valence-electron chi connectivity index (χ0n) is 12.7. The van der Waals surface area contributed by atoms with Crippen molar-refractivity contribution in [2.75, 3.05) is 26.2 Å². The summed E-state index contributed by atoms with van der Waals surface area (Å²) in [7, 11) is 0. The summed E-state index contributed by atoms with van der Waals surface area (Å²) in [5.74, 6) is -0.0614. The molecule has 5 heteroatoms. The van der Waals surface area contributed by atoms with Crippen molar-refractivity contribution < 1.29 is 4.79 Å². The van der Waals surface area contributed by atoms with Gasteiger partial charge in [-0.25, -0.2) is 4.98 Å². The van der Waals surface area contributed by atoms with Crippen LogP contribution in [0.2, 0.25) is 5.15 Å². The van der Waals surface area contributed by atoms with Gasteiger partial charge in [0.1, 0.15) is 5.15 Å². The molecule has 1 aromatic heterocycles. The molecule has 1 aromatic rings. The Morgan fingerprint density at radius 3 is 2.81 bits per heavy atom. The highest BCUT2D eigenvalue weighted by Gasteiger charge is 2.12. The van der Waals surface area contributed by atoms with Crippen LogP contribution in [0.25, 0.3) is 0 Å². The van der Waals surface area contributed by atoms with Crippen molar-refractivity contribution in [2.45, 2.75) is 39.0 Å². The van der Waals surface area contributed by atoms with E-state index >= 15 is 0 Å². The van der Waals surface area contributed by atoms with Crippen LogP contribution < -0.4 is 5.32 Å². The zero-order chi connectivity index (χ0) is 15.1. The molecule has 21 heavy (non-hydrogen) atoms. The second-order valence-electron chi connectivity index (χ2n) is 5.58. The largest absolute Gasteiger partial charge is 0.351 e. The van der Waals surface area contributed by atoms with Gasteiger partial charge in [-0.1, -0.05) is 31.4 Å². The lowest BCUT2D eigenvalue weighted by Crippen LogP contribution is -2.37. The number of pyridine rings is 1. The standard InChI is InChI=1S/C16H24ClN3O/c1-2-6-14-11-13(12-15(17)19-14)16(21)18-7-10-20-8-4-3-5-9-20/h11-12H,2-10H2,1H3,(H,18,21). The molecule has 1 aliphatic rings. The quantitative estimate of drug-likeness (QED) is 0.822. The van der Waals surface area contributed by atoms with E-state index in [0.29, 0.717) is 17.3 Å². The summed E-state index contributed by atoms with van der Waals surface area (Å²) in [5, 5.41) is 3.37. The summed E-state index contributed by atoms with van der Waals surface area (Å²) >= 11 is 5.99. The van der Waals surface area contributed by atoms with Crippen LogP contribution in [0.1, 0.15) is 48.7 Å². The lowest BCUT2D eigenvalue weighted by atomic mass is 10.1. The van der Waals surface area contributed by atoms with Crippen molar-refractivity contribution in [2.24, 2.45) is 0 Å². The third-order valence-electron chi connectivity index (χ3n) is 3.78. The van der Waals surface area contributed by atoms with Crippen molar-refractivity contribution in [1.29, 1.82) is 0 Å². The van der Waals surface area contributed by atoms with Gasteiger partial charge in [-0.3, -0.25) is 4.79 Å². The van der Waals surface area contributed by atoms with Gasteiger partial charge in [0.05, 0.1) is 0 Å².